The largest absolute Gasteiger partial charge is 0.381 e. The molecule has 0 saturated carbocycles. The molecule has 0 radical (unpaired) electrons. The van der Waals surface area contributed by atoms with Crippen LogP contribution >= 0.6 is 0 Å². The van der Waals surface area contributed by atoms with Gasteiger partial charge in [0, 0.05) is 25.3 Å². The maximum absolute atomic E-state index is 8.79. The third-order valence-corrected chi connectivity index (χ3v) is 3.16. The van der Waals surface area contributed by atoms with Gasteiger partial charge in [-0.15, -0.1) is 0 Å². The SMILES string of the molecule is N#Cc1cc2ncn(C3CCOCC3)c2cn1. The molecular weight excluding hydrogens is 216 g/mol. The van der Waals surface area contributed by atoms with Crippen LogP contribution in [0, 0.1) is 11.3 Å². The second kappa shape index (κ2) is 4.15. The van der Waals surface area contributed by atoms with Gasteiger partial charge < -0.3 is 9.30 Å². The number of hydrogen-bond donors (Lipinski definition) is 0. The molecule has 0 unspecified atom stereocenters. The van der Waals surface area contributed by atoms with Crippen molar-refractivity contribution < 1.29 is 4.74 Å². The fraction of sp³-hybridized carbons (Fsp3) is 0.417. The zero-order valence-electron chi connectivity index (χ0n) is 9.33. The van der Waals surface area contributed by atoms with Gasteiger partial charge >= 0.3 is 0 Å². The number of fused-ring (bicyclic) bond motifs is 1. The van der Waals surface area contributed by atoms with E-state index in [4.69, 9.17) is 10.00 Å². The maximum Gasteiger partial charge on any atom is 0.142 e. The highest BCUT2D eigenvalue weighted by Gasteiger charge is 2.17. The molecule has 0 aliphatic carbocycles. The Bertz CT molecular complexity index is 578. The Hall–Kier alpha value is -1.93. The molecule has 3 heterocycles. The summed E-state index contributed by atoms with van der Waals surface area (Å²) < 4.78 is 7.50. The molecule has 3 rings (SSSR count). The number of hydrogen-bond acceptors (Lipinski definition) is 4. The van der Waals surface area contributed by atoms with Gasteiger partial charge in [0.1, 0.15) is 11.8 Å². The minimum Gasteiger partial charge on any atom is -0.381 e. The lowest BCUT2D eigenvalue weighted by Crippen LogP contribution is -2.18. The lowest BCUT2D eigenvalue weighted by molar-refractivity contribution is 0.0706. The Morgan fingerprint density at radius 3 is 2.94 bits per heavy atom. The minimum atomic E-state index is 0.412. The predicted octanol–water partition coefficient (Wildman–Crippen LogP) is 1.65. The van der Waals surface area contributed by atoms with Gasteiger partial charge in [-0.3, -0.25) is 0 Å². The lowest BCUT2D eigenvalue weighted by Gasteiger charge is -2.23. The Balaban J connectivity index is 2.03. The van der Waals surface area contributed by atoms with Gasteiger partial charge in [-0.2, -0.15) is 5.26 Å². The monoisotopic (exact) mass is 228 g/mol. The molecule has 1 saturated heterocycles. The van der Waals surface area contributed by atoms with Gasteiger partial charge in [-0.25, -0.2) is 9.97 Å². The van der Waals surface area contributed by atoms with E-state index in [-0.39, 0.29) is 0 Å². The fourth-order valence-electron chi connectivity index (χ4n) is 2.24. The number of pyridine rings is 1. The van der Waals surface area contributed by atoms with Crippen molar-refractivity contribution in [3.05, 3.63) is 24.3 Å². The van der Waals surface area contributed by atoms with E-state index < -0.39 is 0 Å². The van der Waals surface area contributed by atoms with Crippen molar-refractivity contribution in [3.63, 3.8) is 0 Å². The molecule has 1 aliphatic rings. The van der Waals surface area contributed by atoms with Crippen molar-refractivity contribution in [1.29, 1.82) is 5.26 Å². The first-order valence-electron chi connectivity index (χ1n) is 5.69. The molecule has 0 aromatic carbocycles. The molecule has 1 aliphatic heterocycles. The number of nitrogens with zero attached hydrogens (tertiary/aromatic N) is 4. The Kier molecular flexibility index (Phi) is 2.50. The average Bonchev–Trinajstić information content (AvgIpc) is 2.82. The summed E-state index contributed by atoms with van der Waals surface area (Å²) in [5.41, 5.74) is 2.24. The average molecular weight is 228 g/mol. The summed E-state index contributed by atoms with van der Waals surface area (Å²) in [5, 5.41) is 8.79. The van der Waals surface area contributed by atoms with E-state index in [1.54, 1.807) is 12.3 Å². The van der Waals surface area contributed by atoms with Crippen LogP contribution in [-0.4, -0.2) is 27.7 Å². The first kappa shape index (κ1) is 10.2. The van der Waals surface area contributed by atoms with Crippen LogP contribution in [0.3, 0.4) is 0 Å². The predicted molar refractivity (Wildman–Crippen MR) is 61.3 cm³/mol. The molecule has 0 bridgehead atoms. The van der Waals surface area contributed by atoms with Crippen LogP contribution in [0.2, 0.25) is 0 Å². The van der Waals surface area contributed by atoms with Gasteiger partial charge in [-0.1, -0.05) is 0 Å². The van der Waals surface area contributed by atoms with Gasteiger partial charge in [0.05, 0.1) is 23.6 Å². The summed E-state index contributed by atoms with van der Waals surface area (Å²) in [5.74, 6) is 0. The topological polar surface area (TPSA) is 63.7 Å². The van der Waals surface area contributed by atoms with Crippen molar-refractivity contribution >= 4 is 11.0 Å². The first-order chi connectivity index (χ1) is 8.38. The van der Waals surface area contributed by atoms with Crippen LogP contribution in [-0.2, 0) is 4.74 Å². The van der Waals surface area contributed by atoms with Crippen molar-refractivity contribution in [2.75, 3.05) is 13.2 Å². The molecule has 17 heavy (non-hydrogen) atoms. The normalized spacial score (nSPS) is 17.1. The molecule has 0 atom stereocenters. The third-order valence-electron chi connectivity index (χ3n) is 3.16. The van der Waals surface area contributed by atoms with E-state index >= 15 is 0 Å². The van der Waals surface area contributed by atoms with Crippen molar-refractivity contribution in [3.8, 4) is 6.07 Å². The third kappa shape index (κ3) is 1.77. The smallest absolute Gasteiger partial charge is 0.142 e. The van der Waals surface area contributed by atoms with E-state index in [0.29, 0.717) is 11.7 Å². The number of ether oxygens (including phenoxy) is 1. The molecule has 0 amide bonds. The van der Waals surface area contributed by atoms with E-state index in [9.17, 15) is 0 Å². The van der Waals surface area contributed by atoms with Crippen molar-refractivity contribution in [2.24, 2.45) is 0 Å². The van der Waals surface area contributed by atoms with Crippen LogP contribution in [0.4, 0.5) is 0 Å². The molecule has 2 aromatic heterocycles. The van der Waals surface area contributed by atoms with Gasteiger partial charge in [0.2, 0.25) is 0 Å². The molecule has 1 fully saturated rings. The molecule has 0 N–H and O–H groups in total. The summed E-state index contributed by atoms with van der Waals surface area (Å²) in [6.45, 7) is 1.60. The highest BCUT2D eigenvalue weighted by Crippen LogP contribution is 2.25. The zero-order valence-corrected chi connectivity index (χ0v) is 9.33. The van der Waals surface area contributed by atoms with Crippen molar-refractivity contribution in [2.45, 2.75) is 18.9 Å². The highest BCUT2D eigenvalue weighted by molar-refractivity contribution is 5.75. The second-order valence-electron chi connectivity index (χ2n) is 4.17. The van der Waals surface area contributed by atoms with Gasteiger partial charge in [0.25, 0.3) is 0 Å². The summed E-state index contributed by atoms with van der Waals surface area (Å²) >= 11 is 0. The summed E-state index contributed by atoms with van der Waals surface area (Å²) in [6.07, 6.45) is 5.58. The quantitative estimate of drug-likeness (QED) is 0.744. The zero-order chi connectivity index (χ0) is 11.7. The molecule has 2 aromatic rings. The maximum atomic E-state index is 8.79. The number of aromatic nitrogens is 3. The van der Waals surface area contributed by atoms with Gasteiger partial charge in [-0.05, 0) is 12.8 Å². The van der Waals surface area contributed by atoms with Crippen LogP contribution in [0.5, 0.6) is 0 Å². The van der Waals surface area contributed by atoms with E-state index in [0.717, 1.165) is 37.1 Å². The number of imidazole rings is 1. The minimum absolute atomic E-state index is 0.412. The van der Waals surface area contributed by atoms with Crippen LogP contribution in [0.15, 0.2) is 18.6 Å². The number of rotatable bonds is 1. The van der Waals surface area contributed by atoms with E-state index in [1.165, 1.54) is 0 Å². The fourth-order valence-corrected chi connectivity index (χ4v) is 2.24. The summed E-state index contributed by atoms with van der Waals surface area (Å²) in [7, 11) is 0. The molecule has 86 valence electrons. The first-order valence-corrected chi connectivity index (χ1v) is 5.69. The van der Waals surface area contributed by atoms with Crippen LogP contribution in [0.25, 0.3) is 11.0 Å². The van der Waals surface area contributed by atoms with E-state index in [2.05, 4.69) is 14.5 Å². The summed E-state index contributed by atoms with van der Waals surface area (Å²) in [4.78, 5) is 8.43. The van der Waals surface area contributed by atoms with Crippen LogP contribution < -0.4 is 0 Å². The summed E-state index contributed by atoms with van der Waals surface area (Å²) in [6, 6.07) is 4.19. The number of nitriles is 1. The lowest BCUT2D eigenvalue weighted by atomic mass is 10.1. The molecule has 5 nitrogen and oxygen atoms in total. The Labute approximate surface area is 98.7 Å². The molecular formula is C12H12N4O. The van der Waals surface area contributed by atoms with E-state index in [1.807, 2.05) is 12.4 Å². The standard InChI is InChI=1S/C12H12N4O/c13-6-9-5-11-12(7-14-9)16(8-15-11)10-1-3-17-4-2-10/h5,7-8,10H,1-4H2. The Morgan fingerprint density at radius 2 is 2.18 bits per heavy atom. The molecule has 5 heteroatoms. The highest BCUT2D eigenvalue weighted by atomic mass is 16.5. The molecule has 0 spiro atoms. The Morgan fingerprint density at radius 1 is 1.35 bits per heavy atom. The second-order valence-corrected chi connectivity index (χ2v) is 4.17. The van der Waals surface area contributed by atoms with Crippen LogP contribution in [0.1, 0.15) is 24.6 Å². The van der Waals surface area contributed by atoms with Gasteiger partial charge in [0.15, 0.2) is 0 Å². The van der Waals surface area contributed by atoms with Crippen molar-refractivity contribution in [1.82, 2.24) is 14.5 Å².